The average molecular weight is 512 g/mol. The summed E-state index contributed by atoms with van der Waals surface area (Å²) >= 11 is 1.35. The third-order valence-electron chi connectivity index (χ3n) is 3.91. The number of benzene rings is 1. The number of thiophene rings is 1. The summed E-state index contributed by atoms with van der Waals surface area (Å²) in [6, 6.07) is 12.4. The second-order valence-corrected chi connectivity index (χ2v) is 8.53. The Morgan fingerprint density at radius 3 is 2.47 bits per heavy atom. The number of hydrogen-bond acceptors (Lipinski definition) is 6. The summed E-state index contributed by atoms with van der Waals surface area (Å²) in [4.78, 5) is 27.2. The van der Waals surface area contributed by atoms with E-state index >= 15 is 0 Å². The number of amides is 1. The molecule has 0 atom stereocenters. The molecule has 2 heterocycles. The van der Waals surface area contributed by atoms with Crippen molar-refractivity contribution in [3.63, 3.8) is 0 Å². The topological polar surface area (TPSA) is 105 Å². The van der Waals surface area contributed by atoms with Crippen molar-refractivity contribution in [1.29, 1.82) is 0 Å². The molecular formula is C19H18BrN3O5S2. The van der Waals surface area contributed by atoms with E-state index in [1.807, 2.05) is 5.38 Å². The number of carbonyl (C=O) groups is 2. The first kappa shape index (κ1) is 23.7. The molecule has 0 saturated heterocycles. The third kappa shape index (κ3) is 5.95. The number of hydrogen-bond donors (Lipinski definition) is 2. The van der Waals surface area contributed by atoms with Crippen LogP contribution in [0.4, 0.5) is 0 Å². The Kier molecular flexibility index (Phi) is 8.24. The number of halogens is 1. The second kappa shape index (κ2) is 10.4. The van der Waals surface area contributed by atoms with Crippen molar-refractivity contribution >= 4 is 33.1 Å². The molecule has 8 nitrogen and oxygen atoms in total. The van der Waals surface area contributed by atoms with Gasteiger partial charge >= 0.3 is 0 Å². The van der Waals surface area contributed by atoms with Crippen molar-refractivity contribution in [2.24, 2.45) is 0 Å². The summed E-state index contributed by atoms with van der Waals surface area (Å²) in [5.74, 6) is -0.221. The van der Waals surface area contributed by atoms with E-state index in [1.54, 1.807) is 29.0 Å². The van der Waals surface area contributed by atoms with Gasteiger partial charge in [0, 0.05) is 6.07 Å². The van der Waals surface area contributed by atoms with Gasteiger partial charge in [-0.3, -0.25) is 15.0 Å². The molecule has 0 radical (unpaired) electrons. The molecule has 0 saturated carbocycles. The predicted molar refractivity (Wildman–Crippen MR) is 106 cm³/mol. The summed E-state index contributed by atoms with van der Waals surface area (Å²) in [5, 5.41) is 1.82. The van der Waals surface area contributed by atoms with Crippen LogP contribution >= 0.6 is 11.3 Å². The van der Waals surface area contributed by atoms with E-state index in [0.717, 1.165) is 0 Å². The number of aromatic nitrogens is 1. The lowest BCUT2D eigenvalue weighted by Crippen LogP contribution is -3.00. The normalized spacial score (nSPS) is 10.7. The Morgan fingerprint density at radius 2 is 1.83 bits per heavy atom. The lowest BCUT2D eigenvalue weighted by Gasteiger charge is -2.08. The first-order chi connectivity index (χ1) is 13.9. The fourth-order valence-electron chi connectivity index (χ4n) is 2.44. The molecule has 2 N–H and O–H groups in total. The molecule has 11 heteroatoms. The van der Waals surface area contributed by atoms with Crippen LogP contribution in [0.3, 0.4) is 0 Å². The Hall–Kier alpha value is -2.60. The van der Waals surface area contributed by atoms with Gasteiger partial charge in [0.25, 0.3) is 15.9 Å². The zero-order valence-electron chi connectivity index (χ0n) is 15.7. The van der Waals surface area contributed by atoms with E-state index in [4.69, 9.17) is 4.74 Å². The molecule has 0 aliphatic heterocycles. The van der Waals surface area contributed by atoms with Crippen LogP contribution in [0.5, 0.6) is 5.75 Å². The SMILES string of the molecule is COc1ccc(S(=O)(=O)NNC(=O)c2ccc[n+](CC(=O)c3cccs3)c2)cc1.[Br-]. The van der Waals surface area contributed by atoms with Crippen molar-refractivity contribution < 1.29 is 44.3 Å². The number of rotatable bonds is 8. The van der Waals surface area contributed by atoms with Crippen LogP contribution in [-0.2, 0) is 16.6 Å². The maximum atomic E-state index is 12.3. The summed E-state index contributed by atoms with van der Waals surface area (Å²) in [6.07, 6.45) is 3.13. The number of ketones is 1. The van der Waals surface area contributed by atoms with Gasteiger partial charge in [0.2, 0.25) is 12.3 Å². The first-order valence-electron chi connectivity index (χ1n) is 8.41. The quantitative estimate of drug-likeness (QED) is 0.219. The number of ether oxygens (including phenoxy) is 1. The van der Waals surface area contributed by atoms with Crippen molar-refractivity contribution in [1.82, 2.24) is 10.3 Å². The van der Waals surface area contributed by atoms with Crippen LogP contribution in [0.25, 0.3) is 0 Å². The molecule has 0 unspecified atom stereocenters. The van der Waals surface area contributed by atoms with Crippen LogP contribution in [-0.4, -0.2) is 27.2 Å². The number of methoxy groups -OCH3 is 1. The molecule has 158 valence electrons. The van der Waals surface area contributed by atoms with Crippen molar-refractivity contribution in [3.05, 3.63) is 76.7 Å². The van der Waals surface area contributed by atoms with Crippen LogP contribution in [0.15, 0.2) is 71.2 Å². The average Bonchev–Trinajstić information content (AvgIpc) is 3.27. The standard InChI is InChI=1S/C19H17N3O5S2.BrH/c1-27-15-6-8-16(9-7-15)29(25,26)21-20-19(24)14-4-2-10-22(12-14)13-17(23)18-5-3-11-28-18;/h2-12,21H,13H2,1H3;1H. The lowest BCUT2D eigenvalue weighted by atomic mass is 10.2. The fraction of sp³-hybridized carbons (Fsp3) is 0.105. The smallest absolute Gasteiger partial charge is 0.272 e. The number of pyridine rings is 1. The second-order valence-electron chi connectivity index (χ2n) is 5.90. The highest BCUT2D eigenvalue weighted by Crippen LogP contribution is 2.15. The fourth-order valence-corrected chi connectivity index (χ4v) is 3.93. The maximum absolute atomic E-state index is 12.3. The lowest BCUT2D eigenvalue weighted by molar-refractivity contribution is -0.683. The zero-order valence-corrected chi connectivity index (χ0v) is 19.0. The summed E-state index contributed by atoms with van der Waals surface area (Å²) in [6.45, 7) is 0.0687. The third-order valence-corrected chi connectivity index (χ3v) is 6.09. The number of carbonyl (C=O) groups excluding carboxylic acids is 2. The van der Waals surface area contributed by atoms with Gasteiger partial charge in [-0.2, -0.15) is 4.57 Å². The highest BCUT2D eigenvalue weighted by molar-refractivity contribution is 7.89. The van der Waals surface area contributed by atoms with Crippen molar-refractivity contribution in [2.45, 2.75) is 11.4 Å². The predicted octanol–water partition coefficient (Wildman–Crippen LogP) is -1.45. The highest BCUT2D eigenvalue weighted by Gasteiger charge is 2.18. The van der Waals surface area contributed by atoms with Gasteiger partial charge in [-0.15, -0.1) is 16.2 Å². The first-order valence-corrected chi connectivity index (χ1v) is 10.8. The molecule has 2 aromatic heterocycles. The number of sulfonamides is 1. The Labute approximate surface area is 188 Å². The van der Waals surface area contributed by atoms with Gasteiger partial charge in [0.1, 0.15) is 11.3 Å². The molecule has 0 fully saturated rings. The van der Waals surface area contributed by atoms with E-state index in [2.05, 4.69) is 10.3 Å². The number of nitrogens with one attached hydrogen (secondary N) is 2. The van der Waals surface area contributed by atoms with Gasteiger partial charge in [-0.25, -0.2) is 8.42 Å². The number of nitrogens with zero attached hydrogens (tertiary/aromatic N) is 1. The monoisotopic (exact) mass is 511 g/mol. The van der Waals surface area contributed by atoms with E-state index < -0.39 is 15.9 Å². The van der Waals surface area contributed by atoms with E-state index in [-0.39, 0.29) is 39.8 Å². The van der Waals surface area contributed by atoms with Gasteiger partial charge in [-0.1, -0.05) is 6.07 Å². The minimum absolute atomic E-state index is 0. The van der Waals surface area contributed by atoms with E-state index in [0.29, 0.717) is 10.6 Å². The van der Waals surface area contributed by atoms with Crippen LogP contribution < -0.4 is 36.5 Å². The molecule has 30 heavy (non-hydrogen) atoms. The molecular weight excluding hydrogens is 494 g/mol. The largest absolute Gasteiger partial charge is 1.00 e. The van der Waals surface area contributed by atoms with Crippen molar-refractivity contribution in [2.75, 3.05) is 7.11 Å². The van der Waals surface area contributed by atoms with Crippen molar-refractivity contribution in [3.8, 4) is 5.75 Å². The van der Waals surface area contributed by atoms with Crippen LogP contribution in [0.2, 0.25) is 0 Å². The van der Waals surface area contributed by atoms with E-state index in [1.165, 1.54) is 55.0 Å². The van der Waals surface area contributed by atoms with Crippen LogP contribution in [0, 0.1) is 0 Å². The maximum Gasteiger partial charge on any atom is 0.272 e. The van der Waals surface area contributed by atoms with Gasteiger partial charge in [0.15, 0.2) is 12.4 Å². The number of Topliss-reactive ketones (excluding diaryl/α,β-unsaturated/α-hetero) is 1. The van der Waals surface area contributed by atoms with Gasteiger partial charge in [0.05, 0.1) is 16.9 Å². The molecule has 1 amide bonds. The molecule has 0 aliphatic carbocycles. The molecule has 0 spiro atoms. The highest BCUT2D eigenvalue weighted by atomic mass is 79.9. The molecule has 3 aromatic rings. The van der Waals surface area contributed by atoms with Gasteiger partial charge < -0.3 is 21.7 Å². The Bertz CT molecular complexity index is 1120. The van der Waals surface area contributed by atoms with E-state index in [9.17, 15) is 18.0 Å². The minimum atomic E-state index is -3.94. The van der Waals surface area contributed by atoms with Crippen LogP contribution in [0.1, 0.15) is 20.0 Å². The summed E-state index contributed by atoms with van der Waals surface area (Å²) < 4.78 is 31.1. The Morgan fingerprint density at radius 1 is 1.10 bits per heavy atom. The molecule has 0 aliphatic rings. The number of hydrazine groups is 1. The summed E-state index contributed by atoms with van der Waals surface area (Å²) in [5.41, 5.74) is 2.37. The molecule has 1 aromatic carbocycles. The Balaban J connectivity index is 0.00000320. The summed E-state index contributed by atoms with van der Waals surface area (Å²) in [7, 11) is -2.47. The minimum Gasteiger partial charge on any atom is -1.00 e. The molecule has 3 rings (SSSR count). The van der Waals surface area contributed by atoms with Gasteiger partial charge in [-0.05, 0) is 41.8 Å². The zero-order chi connectivity index (χ0) is 20.9. The molecule has 0 bridgehead atoms.